The summed E-state index contributed by atoms with van der Waals surface area (Å²) in [7, 11) is 0. The van der Waals surface area contributed by atoms with Crippen molar-refractivity contribution < 1.29 is 14.3 Å². The van der Waals surface area contributed by atoms with Crippen molar-refractivity contribution in [3.8, 4) is 0 Å². The molecular weight excluding hydrogens is 408 g/mol. The molecule has 132 valence electrons. The lowest BCUT2D eigenvalue weighted by atomic mass is 10.1. The van der Waals surface area contributed by atoms with E-state index >= 15 is 0 Å². The summed E-state index contributed by atoms with van der Waals surface area (Å²) < 4.78 is 5.91. The summed E-state index contributed by atoms with van der Waals surface area (Å²) in [6.45, 7) is 3.90. The van der Waals surface area contributed by atoms with Crippen LogP contribution < -0.4 is 10.6 Å². The zero-order chi connectivity index (χ0) is 18.4. The van der Waals surface area contributed by atoms with Crippen LogP contribution >= 0.6 is 27.5 Å². The molecule has 0 aliphatic heterocycles. The topological polar surface area (TPSA) is 67.4 Å². The van der Waals surface area contributed by atoms with Crippen LogP contribution in [0.15, 0.2) is 40.9 Å². The first-order chi connectivity index (χ1) is 11.9. The van der Waals surface area contributed by atoms with Crippen LogP contribution in [0.5, 0.6) is 0 Å². The van der Waals surface area contributed by atoms with Gasteiger partial charge in [-0.2, -0.15) is 0 Å². The average Bonchev–Trinajstić information content (AvgIpc) is 2.55. The Hall–Kier alpha value is -2.05. The first kappa shape index (κ1) is 19.3. The summed E-state index contributed by atoms with van der Waals surface area (Å²) in [5.74, 6) is -0.616. The van der Waals surface area contributed by atoms with Crippen molar-refractivity contribution >= 4 is 50.8 Å². The van der Waals surface area contributed by atoms with Crippen LogP contribution in [0.1, 0.15) is 29.8 Å². The molecule has 0 heterocycles. The number of carbonyl (C=O) groups is 2. The smallest absolute Gasteiger partial charge is 0.338 e. The van der Waals surface area contributed by atoms with Crippen LogP contribution in [0.4, 0.5) is 11.4 Å². The molecule has 2 aromatic carbocycles. The maximum atomic E-state index is 11.9. The molecule has 2 rings (SSSR count). The van der Waals surface area contributed by atoms with E-state index in [1.165, 1.54) is 6.92 Å². The van der Waals surface area contributed by atoms with E-state index in [0.29, 0.717) is 35.1 Å². The summed E-state index contributed by atoms with van der Waals surface area (Å²) in [4.78, 5) is 23.3. The van der Waals surface area contributed by atoms with Gasteiger partial charge in [-0.1, -0.05) is 33.6 Å². The maximum absolute atomic E-state index is 11.9. The summed E-state index contributed by atoms with van der Waals surface area (Å²) in [6.07, 6.45) is 0. The molecule has 0 unspecified atom stereocenters. The second kappa shape index (κ2) is 8.87. The van der Waals surface area contributed by atoms with Crippen LogP contribution in [0.3, 0.4) is 0 Å². The Balaban J connectivity index is 2.26. The Morgan fingerprint density at radius 3 is 2.56 bits per heavy atom. The molecule has 0 fully saturated rings. The van der Waals surface area contributed by atoms with Gasteiger partial charge in [-0.3, -0.25) is 4.79 Å². The number of hydrogen-bond donors (Lipinski definition) is 2. The molecule has 0 saturated heterocycles. The van der Waals surface area contributed by atoms with Crippen LogP contribution in [0, 0.1) is 0 Å². The van der Waals surface area contributed by atoms with E-state index in [1.807, 2.05) is 18.2 Å². The number of benzene rings is 2. The fourth-order valence-electron chi connectivity index (χ4n) is 2.19. The summed E-state index contributed by atoms with van der Waals surface area (Å²) in [5.41, 5.74) is 2.48. The Kier molecular flexibility index (Phi) is 6.84. The van der Waals surface area contributed by atoms with Crippen LogP contribution in [-0.4, -0.2) is 18.5 Å². The lowest BCUT2D eigenvalue weighted by Crippen LogP contribution is -2.11. The minimum atomic E-state index is -0.415. The predicted octanol–water partition coefficient (Wildman–Crippen LogP) is 4.85. The van der Waals surface area contributed by atoms with Gasteiger partial charge in [-0.15, -0.1) is 0 Å². The lowest BCUT2D eigenvalue weighted by Gasteiger charge is -2.15. The maximum Gasteiger partial charge on any atom is 0.338 e. The van der Waals surface area contributed by atoms with E-state index in [-0.39, 0.29) is 5.91 Å². The van der Waals surface area contributed by atoms with Crippen molar-refractivity contribution in [2.24, 2.45) is 0 Å². The predicted molar refractivity (Wildman–Crippen MR) is 103 cm³/mol. The van der Waals surface area contributed by atoms with Gasteiger partial charge in [0.1, 0.15) is 0 Å². The Morgan fingerprint density at radius 1 is 1.16 bits per heavy atom. The van der Waals surface area contributed by atoms with Crippen molar-refractivity contribution in [1.82, 2.24) is 0 Å². The largest absolute Gasteiger partial charge is 0.462 e. The van der Waals surface area contributed by atoms with Gasteiger partial charge < -0.3 is 15.4 Å². The van der Waals surface area contributed by atoms with Gasteiger partial charge in [-0.25, -0.2) is 4.79 Å². The fraction of sp³-hybridized carbons (Fsp3) is 0.222. The molecule has 0 aliphatic rings. The van der Waals surface area contributed by atoms with Gasteiger partial charge in [0.05, 0.1) is 23.5 Å². The second-order valence-electron chi connectivity index (χ2n) is 5.25. The van der Waals surface area contributed by atoms with Crippen molar-refractivity contribution in [2.75, 3.05) is 17.2 Å². The number of hydrogen-bond acceptors (Lipinski definition) is 4. The van der Waals surface area contributed by atoms with Gasteiger partial charge in [0.15, 0.2) is 0 Å². The van der Waals surface area contributed by atoms with Crippen molar-refractivity contribution in [2.45, 2.75) is 20.4 Å². The Morgan fingerprint density at radius 2 is 1.92 bits per heavy atom. The number of amides is 1. The fourth-order valence-corrected chi connectivity index (χ4v) is 2.93. The van der Waals surface area contributed by atoms with E-state index in [4.69, 9.17) is 16.3 Å². The van der Waals surface area contributed by atoms with Crippen LogP contribution in [0.2, 0.25) is 5.02 Å². The standard InChI is InChI=1S/C18H18BrClN2O3/c1-3-25-18(24)12-5-7-16(22-11(2)23)17(8-12)21-10-13-4-6-14(19)9-15(13)20/h4-9,21H,3,10H2,1-2H3,(H,22,23). The van der Waals surface area contributed by atoms with E-state index in [0.717, 1.165) is 10.0 Å². The number of nitrogens with one attached hydrogen (secondary N) is 2. The molecule has 0 aromatic heterocycles. The molecule has 25 heavy (non-hydrogen) atoms. The summed E-state index contributed by atoms with van der Waals surface area (Å²) in [6, 6.07) is 10.5. The van der Waals surface area contributed by atoms with E-state index < -0.39 is 5.97 Å². The van der Waals surface area contributed by atoms with Crippen molar-refractivity contribution in [1.29, 1.82) is 0 Å². The van der Waals surface area contributed by atoms with Gasteiger partial charge in [0.25, 0.3) is 0 Å². The molecule has 7 heteroatoms. The normalized spacial score (nSPS) is 10.2. The van der Waals surface area contributed by atoms with Gasteiger partial charge in [-0.05, 0) is 42.8 Å². The second-order valence-corrected chi connectivity index (χ2v) is 6.57. The minimum Gasteiger partial charge on any atom is -0.462 e. The van der Waals surface area contributed by atoms with Gasteiger partial charge in [0, 0.05) is 23.0 Å². The highest BCUT2D eigenvalue weighted by Gasteiger charge is 2.12. The number of ether oxygens (including phenoxy) is 1. The molecular formula is C18H18BrClN2O3. The number of esters is 1. The quantitative estimate of drug-likeness (QED) is 0.649. The third-order valence-corrected chi connectivity index (χ3v) is 4.17. The van der Waals surface area contributed by atoms with E-state index in [2.05, 4.69) is 26.6 Å². The number of anilines is 2. The summed E-state index contributed by atoms with van der Waals surface area (Å²) >= 11 is 9.60. The molecule has 0 bridgehead atoms. The molecule has 1 amide bonds. The average molecular weight is 426 g/mol. The molecule has 2 N–H and O–H groups in total. The third kappa shape index (κ3) is 5.47. The van der Waals surface area contributed by atoms with Crippen molar-refractivity contribution in [3.05, 3.63) is 57.0 Å². The highest BCUT2D eigenvalue weighted by Crippen LogP contribution is 2.27. The first-order valence-electron chi connectivity index (χ1n) is 7.67. The van der Waals surface area contributed by atoms with Gasteiger partial charge >= 0.3 is 5.97 Å². The Labute approximate surface area is 159 Å². The van der Waals surface area contributed by atoms with Gasteiger partial charge in [0.2, 0.25) is 5.91 Å². The van der Waals surface area contributed by atoms with E-state index in [9.17, 15) is 9.59 Å². The highest BCUT2D eigenvalue weighted by atomic mass is 79.9. The third-order valence-electron chi connectivity index (χ3n) is 3.33. The number of carbonyl (C=O) groups excluding carboxylic acids is 2. The first-order valence-corrected chi connectivity index (χ1v) is 8.84. The highest BCUT2D eigenvalue weighted by molar-refractivity contribution is 9.10. The molecule has 0 radical (unpaired) electrons. The van der Waals surface area contributed by atoms with E-state index in [1.54, 1.807) is 25.1 Å². The molecule has 0 saturated carbocycles. The zero-order valence-electron chi connectivity index (χ0n) is 13.9. The Bertz CT molecular complexity index is 796. The monoisotopic (exact) mass is 424 g/mol. The lowest BCUT2D eigenvalue weighted by molar-refractivity contribution is -0.114. The summed E-state index contributed by atoms with van der Waals surface area (Å²) in [5, 5.41) is 6.56. The molecule has 0 atom stereocenters. The number of rotatable bonds is 6. The molecule has 2 aromatic rings. The molecule has 5 nitrogen and oxygen atoms in total. The van der Waals surface area contributed by atoms with Crippen LogP contribution in [-0.2, 0) is 16.1 Å². The SMILES string of the molecule is CCOC(=O)c1ccc(NC(C)=O)c(NCc2ccc(Br)cc2Cl)c1. The van der Waals surface area contributed by atoms with Crippen LogP contribution in [0.25, 0.3) is 0 Å². The van der Waals surface area contributed by atoms with Crippen molar-refractivity contribution in [3.63, 3.8) is 0 Å². The molecule has 0 aliphatic carbocycles. The minimum absolute atomic E-state index is 0.200. The zero-order valence-corrected chi connectivity index (χ0v) is 16.2. The number of halogens is 2. The molecule has 0 spiro atoms.